The van der Waals surface area contributed by atoms with E-state index in [4.69, 9.17) is 14.4 Å². The van der Waals surface area contributed by atoms with Crippen molar-refractivity contribution in [2.75, 3.05) is 13.3 Å². The standard InChI is InChI=1S/C10H15N2O8P/c1-21(17,18)20-8-7(15)5(4-13)19-9(8)12-3-2-6(14)11-10(12)16/h2-3,5,7-9,13,15H,4H2,1H3,(H,17,18)(H,11,14,16)/t5-,7-,8-,9-/m1/s1. The molecule has 2 rings (SSSR count). The smallest absolute Gasteiger partial charge is 0.330 e. The first-order valence-electron chi connectivity index (χ1n) is 5.97. The summed E-state index contributed by atoms with van der Waals surface area (Å²) in [6, 6.07) is 1.05. The highest BCUT2D eigenvalue weighted by molar-refractivity contribution is 7.51. The maximum atomic E-state index is 11.7. The fraction of sp³-hybridized carbons (Fsp3) is 0.600. The summed E-state index contributed by atoms with van der Waals surface area (Å²) < 4.78 is 22.4. The molecular formula is C10H15N2O8P. The number of hydrogen-bond acceptors (Lipinski definition) is 7. The van der Waals surface area contributed by atoms with Crippen LogP contribution in [0.1, 0.15) is 6.23 Å². The van der Waals surface area contributed by atoms with Gasteiger partial charge in [-0.05, 0) is 0 Å². The van der Waals surface area contributed by atoms with E-state index in [0.29, 0.717) is 0 Å². The van der Waals surface area contributed by atoms with Crippen LogP contribution in [-0.4, -0.2) is 56.2 Å². The molecule has 0 aromatic carbocycles. The number of ether oxygens (including phenoxy) is 1. The lowest BCUT2D eigenvalue weighted by molar-refractivity contribution is -0.0529. The van der Waals surface area contributed by atoms with Crippen molar-refractivity contribution in [3.63, 3.8) is 0 Å². The van der Waals surface area contributed by atoms with Gasteiger partial charge in [0.05, 0.1) is 6.61 Å². The van der Waals surface area contributed by atoms with Gasteiger partial charge in [0, 0.05) is 18.9 Å². The second kappa shape index (κ2) is 5.84. The molecule has 1 saturated heterocycles. The minimum atomic E-state index is -3.98. The Bertz CT molecular complexity index is 664. The third-order valence-electron chi connectivity index (χ3n) is 2.94. The van der Waals surface area contributed by atoms with Crippen LogP contribution in [0, 0.1) is 0 Å². The Morgan fingerprint density at radius 3 is 2.71 bits per heavy atom. The molecule has 118 valence electrons. The van der Waals surface area contributed by atoms with Crippen LogP contribution in [0.3, 0.4) is 0 Å². The van der Waals surface area contributed by atoms with Gasteiger partial charge in [0.15, 0.2) is 6.23 Å². The number of nitrogens with zero attached hydrogens (tertiary/aromatic N) is 1. The van der Waals surface area contributed by atoms with Crippen LogP contribution in [0.25, 0.3) is 0 Å². The Morgan fingerprint density at radius 2 is 2.19 bits per heavy atom. The summed E-state index contributed by atoms with van der Waals surface area (Å²) in [4.78, 5) is 34.1. The van der Waals surface area contributed by atoms with E-state index in [1.807, 2.05) is 4.98 Å². The SMILES string of the molecule is CP(=O)(O)O[C@@H]1[C@H](O)[C@@H](CO)O[C@H]1n1ccc(=O)[nH]c1=O. The molecule has 0 amide bonds. The van der Waals surface area contributed by atoms with E-state index in [1.54, 1.807) is 0 Å². The van der Waals surface area contributed by atoms with Gasteiger partial charge in [0.1, 0.15) is 18.3 Å². The van der Waals surface area contributed by atoms with Gasteiger partial charge >= 0.3 is 13.3 Å². The van der Waals surface area contributed by atoms with E-state index < -0.39 is 50.0 Å². The quantitative estimate of drug-likeness (QED) is 0.464. The third-order valence-corrected chi connectivity index (χ3v) is 3.57. The second-order valence-corrected chi connectivity index (χ2v) is 6.45. The molecule has 21 heavy (non-hydrogen) atoms. The molecular weight excluding hydrogens is 307 g/mol. The van der Waals surface area contributed by atoms with Crippen molar-refractivity contribution in [2.45, 2.75) is 24.5 Å². The van der Waals surface area contributed by atoms with E-state index in [0.717, 1.165) is 23.5 Å². The number of nitrogens with one attached hydrogen (secondary N) is 1. The molecule has 1 aromatic heterocycles. The number of aliphatic hydroxyl groups excluding tert-OH is 2. The van der Waals surface area contributed by atoms with E-state index in [1.165, 1.54) is 0 Å². The number of hydrogen-bond donors (Lipinski definition) is 4. The van der Waals surface area contributed by atoms with Gasteiger partial charge < -0.3 is 19.8 Å². The van der Waals surface area contributed by atoms with Crippen LogP contribution >= 0.6 is 7.60 Å². The van der Waals surface area contributed by atoms with Gasteiger partial charge in [-0.15, -0.1) is 0 Å². The highest BCUT2D eigenvalue weighted by Crippen LogP contribution is 2.44. The lowest BCUT2D eigenvalue weighted by Crippen LogP contribution is -2.38. The van der Waals surface area contributed by atoms with Gasteiger partial charge in [0.2, 0.25) is 0 Å². The highest BCUT2D eigenvalue weighted by Gasteiger charge is 2.47. The zero-order valence-electron chi connectivity index (χ0n) is 10.9. The summed E-state index contributed by atoms with van der Waals surface area (Å²) in [5, 5.41) is 19.1. The Kier molecular flexibility index (Phi) is 4.47. The minimum absolute atomic E-state index is 0.574. The number of aromatic amines is 1. The van der Waals surface area contributed by atoms with Crippen LogP contribution in [0.2, 0.25) is 0 Å². The van der Waals surface area contributed by atoms with Gasteiger partial charge in [-0.1, -0.05) is 0 Å². The van der Waals surface area contributed by atoms with Crippen molar-refractivity contribution >= 4 is 7.60 Å². The lowest BCUT2D eigenvalue weighted by atomic mass is 10.1. The molecule has 1 aliphatic heterocycles. The number of aromatic nitrogens is 2. The normalized spacial score (nSPS) is 32.0. The van der Waals surface area contributed by atoms with Crippen molar-refractivity contribution in [2.24, 2.45) is 0 Å². The Hall–Kier alpha value is -1.29. The molecule has 0 radical (unpaired) electrons. The summed E-state index contributed by atoms with van der Waals surface area (Å²) >= 11 is 0. The highest BCUT2D eigenvalue weighted by atomic mass is 31.2. The molecule has 1 aromatic rings. The maximum absolute atomic E-state index is 11.7. The van der Waals surface area contributed by atoms with E-state index in [-0.39, 0.29) is 0 Å². The zero-order valence-corrected chi connectivity index (χ0v) is 11.8. The Balaban J connectivity index is 2.41. The van der Waals surface area contributed by atoms with Gasteiger partial charge in [-0.25, -0.2) is 4.79 Å². The minimum Gasteiger partial charge on any atom is -0.394 e. The molecule has 0 aliphatic carbocycles. The van der Waals surface area contributed by atoms with Crippen LogP contribution in [-0.2, 0) is 13.8 Å². The average molecular weight is 322 g/mol. The molecule has 1 unspecified atom stereocenters. The third kappa shape index (κ3) is 3.49. The fourth-order valence-electron chi connectivity index (χ4n) is 2.06. The van der Waals surface area contributed by atoms with E-state index in [9.17, 15) is 24.2 Å². The van der Waals surface area contributed by atoms with Crippen LogP contribution in [0.15, 0.2) is 21.9 Å². The lowest BCUT2D eigenvalue weighted by Gasteiger charge is -2.23. The van der Waals surface area contributed by atoms with E-state index >= 15 is 0 Å². The molecule has 10 nitrogen and oxygen atoms in total. The summed E-state index contributed by atoms with van der Waals surface area (Å²) in [5.74, 6) is 0. The Labute approximate surface area is 118 Å². The monoisotopic (exact) mass is 322 g/mol. The van der Waals surface area contributed by atoms with Crippen LogP contribution in [0.4, 0.5) is 0 Å². The number of H-pyrrole nitrogens is 1. The van der Waals surface area contributed by atoms with Crippen molar-refractivity contribution in [1.29, 1.82) is 0 Å². The predicted octanol–water partition coefficient (Wildman–Crippen LogP) is -2.01. The second-order valence-electron chi connectivity index (χ2n) is 4.63. The topological polar surface area (TPSA) is 151 Å². The first-order chi connectivity index (χ1) is 9.73. The number of aliphatic hydroxyl groups is 2. The van der Waals surface area contributed by atoms with Gasteiger partial charge in [-0.3, -0.25) is 23.4 Å². The predicted molar refractivity (Wildman–Crippen MR) is 68.9 cm³/mol. The molecule has 11 heteroatoms. The van der Waals surface area contributed by atoms with Gasteiger partial charge in [0.25, 0.3) is 5.56 Å². The molecule has 0 bridgehead atoms. The molecule has 1 fully saturated rings. The molecule has 0 saturated carbocycles. The first kappa shape index (κ1) is 16.1. The number of rotatable bonds is 4. The largest absolute Gasteiger partial charge is 0.394 e. The van der Waals surface area contributed by atoms with E-state index in [2.05, 4.69) is 0 Å². The van der Waals surface area contributed by atoms with Crippen molar-refractivity contribution in [3.8, 4) is 0 Å². The summed E-state index contributed by atoms with van der Waals surface area (Å²) in [5.41, 5.74) is -1.47. The molecule has 4 N–H and O–H groups in total. The summed E-state index contributed by atoms with van der Waals surface area (Å²) in [6.45, 7) is 0.341. The van der Waals surface area contributed by atoms with Crippen molar-refractivity contribution < 1.29 is 28.9 Å². The average Bonchev–Trinajstić information content (AvgIpc) is 2.65. The van der Waals surface area contributed by atoms with Crippen molar-refractivity contribution in [3.05, 3.63) is 33.1 Å². The fourth-order valence-corrected chi connectivity index (χ4v) is 2.74. The molecule has 2 heterocycles. The zero-order chi connectivity index (χ0) is 15.8. The van der Waals surface area contributed by atoms with Crippen molar-refractivity contribution in [1.82, 2.24) is 9.55 Å². The summed E-state index contributed by atoms with van der Waals surface area (Å²) in [6.07, 6.45) is -4.02. The van der Waals surface area contributed by atoms with Gasteiger partial charge in [-0.2, -0.15) is 0 Å². The van der Waals surface area contributed by atoms with Crippen LogP contribution in [0.5, 0.6) is 0 Å². The van der Waals surface area contributed by atoms with Crippen LogP contribution < -0.4 is 11.2 Å². The maximum Gasteiger partial charge on any atom is 0.330 e. The molecule has 5 atom stereocenters. The summed E-state index contributed by atoms with van der Waals surface area (Å²) in [7, 11) is -3.98. The Morgan fingerprint density at radius 1 is 1.52 bits per heavy atom. The molecule has 0 spiro atoms. The first-order valence-corrected chi connectivity index (χ1v) is 8.00. The molecule has 1 aliphatic rings.